The Kier molecular flexibility index (Phi) is 1.81. The Bertz CT molecular complexity index is 533. The van der Waals surface area contributed by atoms with Crippen LogP contribution < -0.4 is 0 Å². The molecule has 0 aliphatic rings. The Balaban J connectivity index is 1.98. The van der Waals surface area contributed by atoms with Crippen molar-refractivity contribution in [3.8, 4) is 0 Å². The lowest BCUT2D eigenvalue weighted by molar-refractivity contribution is 0.537. The molecular formula is C12H9NO2. The van der Waals surface area contributed by atoms with E-state index in [1.165, 1.54) is 0 Å². The van der Waals surface area contributed by atoms with Gasteiger partial charge in [0.15, 0.2) is 11.5 Å². The third kappa shape index (κ3) is 1.52. The van der Waals surface area contributed by atoms with E-state index in [2.05, 4.69) is 4.98 Å². The Hall–Kier alpha value is -2.03. The summed E-state index contributed by atoms with van der Waals surface area (Å²) < 4.78 is 10.6. The highest BCUT2D eigenvalue weighted by atomic mass is 16.3. The van der Waals surface area contributed by atoms with Crippen LogP contribution in [0.15, 0.2) is 51.7 Å². The van der Waals surface area contributed by atoms with E-state index in [-0.39, 0.29) is 0 Å². The molecule has 15 heavy (non-hydrogen) atoms. The van der Waals surface area contributed by atoms with Crippen LogP contribution in [0.2, 0.25) is 0 Å². The molecule has 0 amide bonds. The molecule has 0 spiro atoms. The molecule has 3 aromatic rings. The third-order valence-electron chi connectivity index (χ3n) is 2.27. The second kappa shape index (κ2) is 3.28. The van der Waals surface area contributed by atoms with Gasteiger partial charge < -0.3 is 8.83 Å². The molecule has 2 aromatic heterocycles. The largest absolute Gasteiger partial charge is 0.472 e. The molecule has 0 bridgehead atoms. The minimum absolute atomic E-state index is 0.672. The molecule has 74 valence electrons. The molecule has 0 saturated heterocycles. The number of para-hydroxylation sites is 2. The maximum atomic E-state index is 5.59. The number of benzene rings is 1. The Morgan fingerprint density at radius 1 is 1.13 bits per heavy atom. The highest BCUT2D eigenvalue weighted by Gasteiger charge is 2.06. The normalized spacial score (nSPS) is 10.9. The molecule has 2 heterocycles. The summed E-state index contributed by atoms with van der Waals surface area (Å²) in [5.74, 6) is 0.720. The first-order chi connectivity index (χ1) is 7.42. The monoisotopic (exact) mass is 199 g/mol. The van der Waals surface area contributed by atoms with Crippen molar-refractivity contribution < 1.29 is 8.83 Å². The zero-order valence-electron chi connectivity index (χ0n) is 8.01. The van der Waals surface area contributed by atoms with E-state index in [4.69, 9.17) is 8.83 Å². The number of oxazole rings is 1. The van der Waals surface area contributed by atoms with Gasteiger partial charge in [-0.1, -0.05) is 12.1 Å². The van der Waals surface area contributed by atoms with Gasteiger partial charge in [0, 0.05) is 0 Å². The van der Waals surface area contributed by atoms with Crippen LogP contribution in [0.4, 0.5) is 0 Å². The number of aromatic nitrogens is 1. The van der Waals surface area contributed by atoms with Gasteiger partial charge in [-0.3, -0.25) is 0 Å². The molecule has 0 N–H and O–H groups in total. The van der Waals surface area contributed by atoms with E-state index < -0.39 is 0 Å². The first-order valence-electron chi connectivity index (χ1n) is 4.77. The van der Waals surface area contributed by atoms with Crippen molar-refractivity contribution >= 4 is 11.1 Å². The summed E-state index contributed by atoms with van der Waals surface area (Å²) in [5.41, 5.74) is 2.80. The predicted octanol–water partition coefficient (Wildman–Crippen LogP) is 3.01. The maximum Gasteiger partial charge on any atom is 0.200 e. The van der Waals surface area contributed by atoms with Gasteiger partial charge in [-0.25, -0.2) is 4.98 Å². The summed E-state index contributed by atoms with van der Waals surface area (Å²) in [6, 6.07) is 9.66. The van der Waals surface area contributed by atoms with Crippen molar-refractivity contribution in [1.82, 2.24) is 4.98 Å². The lowest BCUT2D eigenvalue weighted by Gasteiger charge is -1.88. The van der Waals surface area contributed by atoms with E-state index in [1.807, 2.05) is 30.3 Å². The van der Waals surface area contributed by atoms with Gasteiger partial charge in [-0.2, -0.15) is 0 Å². The SMILES string of the molecule is c1ccc2oc(Cc3ccoc3)nc2c1. The Labute approximate surface area is 86.3 Å². The minimum atomic E-state index is 0.672. The van der Waals surface area contributed by atoms with Gasteiger partial charge in [0.25, 0.3) is 0 Å². The predicted molar refractivity (Wildman–Crippen MR) is 55.5 cm³/mol. The quantitative estimate of drug-likeness (QED) is 0.636. The molecule has 0 atom stereocenters. The van der Waals surface area contributed by atoms with E-state index >= 15 is 0 Å². The van der Waals surface area contributed by atoms with Crippen molar-refractivity contribution in [2.24, 2.45) is 0 Å². The van der Waals surface area contributed by atoms with E-state index in [9.17, 15) is 0 Å². The van der Waals surface area contributed by atoms with Crippen LogP contribution in [0.25, 0.3) is 11.1 Å². The van der Waals surface area contributed by atoms with Crippen LogP contribution in [0.3, 0.4) is 0 Å². The fourth-order valence-electron chi connectivity index (χ4n) is 1.56. The number of nitrogens with zero attached hydrogens (tertiary/aromatic N) is 1. The highest BCUT2D eigenvalue weighted by molar-refractivity contribution is 5.72. The molecule has 0 aliphatic heterocycles. The number of hydrogen-bond donors (Lipinski definition) is 0. The number of hydrogen-bond acceptors (Lipinski definition) is 3. The number of furan rings is 1. The maximum absolute atomic E-state index is 5.59. The lowest BCUT2D eigenvalue weighted by atomic mass is 10.2. The first kappa shape index (κ1) is 8.29. The molecule has 0 saturated carbocycles. The average Bonchev–Trinajstić information content (AvgIpc) is 2.86. The van der Waals surface area contributed by atoms with Gasteiger partial charge in [0.1, 0.15) is 5.52 Å². The number of fused-ring (bicyclic) bond motifs is 1. The number of rotatable bonds is 2. The molecule has 3 nitrogen and oxygen atoms in total. The topological polar surface area (TPSA) is 39.2 Å². The van der Waals surface area contributed by atoms with E-state index in [0.717, 1.165) is 22.6 Å². The molecule has 1 aromatic carbocycles. The first-order valence-corrected chi connectivity index (χ1v) is 4.77. The third-order valence-corrected chi connectivity index (χ3v) is 2.27. The summed E-state index contributed by atoms with van der Waals surface area (Å²) in [4.78, 5) is 4.38. The lowest BCUT2D eigenvalue weighted by Crippen LogP contribution is -1.83. The summed E-state index contributed by atoms with van der Waals surface area (Å²) in [5, 5.41) is 0. The highest BCUT2D eigenvalue weighted by Crippen LogP contribution is 2.17. The molecule has 0 fully saturated rings. The van der Waals surface area contributed by atoms with Crippen LogP contribution in [-0.4, -0.2) is 4.98 Å². The van der Waals surface area contributed by atoms with Crippen LogP contribution in [0.5, 0.6) is 0 Å². The van der Waals surface area contributed by atoms with Gasteiger partial charge in [-0.05, 0) is 23.8 Å². The molecule has 3 heteroatoms. The fourth-order valence-corrected chi connectivity index (χ4v) is 1.56. The van der Waals surface area contributed by atoms with Crippen LogP contribution in [-0.2, 0) is 6.42 Å². The van der Waals surface area contributed by atoms with Crippen molar-refractivity contribution in [3.63, 3.8) is 0 Å². The van der Waals surface area contributed by atoms with Gasteiger partial charge in [-0.15, -0.1) is 0 Å². The van der Waals surface area contributed by atoms with E-state index in [1.54, 1.807) is 12.5 Å². The van der Waals surface area contributed by atoms with Crippen molar-refractivity contribution in [2.45, 2.75) is 6.42 Å². The average molecular weight is 199 g/mol. The van der Waals surface area contributed by atoms with Crippen LogP contribution in [0, 0.1) is 0 Å². The zero-order valence-corrected chi connectivity index (χ0v) is 8.01. The van der Waals surface area contributed by atoms with Gasteiger partial charge in [0.2, 0.25) is 0 Å². The standard InChI is InChI=1S/C12H9NO2/c1-2-4-11-10(3-1)13-12(15-11)7-9-5-6-14-8-9/h1-6,8H,7H2. The van der Waals surface area contributed by atoms with Gasteiger partial charge in [0.05, 0.1) is 18.9 Å². The second-order valence-electron chi connectivity index (χ2n) is 3.38. The summed E-state index contributed by atoms with van der Waals surface area (Å²) in [7, 11) is 0. The van der Waals surface area contributed by atoms with Crippen molar-refractivity contribution in [2.75, 3.05) is 0 Å². The van der Waals surface area contributed by atoms with Crippen molar-refractivity contribution in [3.05, 3.63) is 54.3 Å². The zero-order chi connectivity index (χ0) is 10.1. The summed E-state index contributed by atoms with van der Waals surface area (Å²) in [6.07, 6.45) is 4.03. The molecule has 0 unspecified atom stereocenters. The smallest absolute Gasteiger partial charge is 0.200 e. The Morgan fingerprint density at radius 2 is 2.07 bits per heavy atom. The fraction of sp³-hybridized carbons (Fsp3) is 0.0833. The second-order valence-corrected chi connectivity index (χ2v) is 3.38. The molecular weight excluding hydrogens is 190 g/mol. The summed E-state index contributed by atoms with van der Waals surface area (Å²) in [6.45, 7) is 0. The molecule has 3 rings (SSSR count). The van der Waals surface area contributed by atoms with Crippen LogP contribution in [0.1, 0.15) is 11.5 Å². The molecule has 0 aliphatic carbocycles. The van der Waals surface area contributed by atoms with Crippen LogP contribution >= 0.6 is 0 Å². The van der Waals surface area contributed by atoms with E-state index in [0.29, 0.717) is 6.42 Å². The van der Waals surface area contributed by atoms with Gasteiger partial charge >= 0.3 is 0 Å². The Morgan fingerprint density at radius 3 is 2.87 bits per heavy atom. The molecule has 0 radical (unpaired) electrons. The minimum Gasteiger partial charge on any atom is -0.472 e. The summed E-state index contributed by atoms with van der Waals surface area (Å²) >= 11 is 0. The van der Waals surface area contributed by atoms with Crippen molar-refractivity contribution in [1.29, 1.82) is 0 Å².